The summed E-state index contributed by atoms with van der Waals surface area (Å²) in [6.45, 7) is 0. The third-order valence-corrected chi connectivity index (χ3v) is 3.71. The summed E-state index contributed by atoms with van der Waals surface area (Å²) < 4.78 is 17.7. The van der Waals surface area contributed by atoms with Crippen LogP contribution in [0.3, 0.4) is 0 Å². The molecule has 0 radical (unpaired) electrons. The molecule has 0 aliphatic rings. The van der Waals surface area contributed by atoms with Crippen LogP contribution in [0.4, 0.5) is 0 Å². The molecule has 3 rings (SSSR count). The van der Waals surface area contributed by atoms with Crippen molar-refractivity contribution in [2.24, 2.45) is 7.05 Å². The molecule has 0 aliphatic heterocycles. The van der Waals surface area contributed by atoms with Gasteiger partial charge in [0.05, 0.1) is 14.2 Å². The molecule has 25 heavy (non-hydrogen) atoms. The number of para-hydroxylation sites is 1. The highest BCUT2D eigenvalue weighted by Gasteiger charge is 2.15. The van der Waals surface area contributed by atoms with Crippen molar-refractivity contribution in [2.45, 2.75) is 0 Å². The van der Waals surface area contributed by atoms with Gasteiger partial charge in [-0.15, -0.1) is 0 Å². The Bertz CT molecular complexity index is 933. The fraction of sp³-hybridized carbons (Fsp3) is 0.158. The smallest absolute Gasteiger partial charge is 0.270 e. The first-order valence-corrected chi connectivity index (χ1v) is 7.66. The van der Waals surface area contributed by atoms with Crippen LogP contribution in [0.5, 0.6) is 23.0 Å². The molecule has 6 nitrogen and oxygen atoms in total. The van der Waals surface area contributed by atoms with Gasteiger partial charge in [-0.3, -0.25) is 4.79 Å². The summed E-state index contributed by atoms with van der Waals surface area (Å²) in [5.41, 5.74) is 1.02. The molecule has 0 bridgehead atoms. The highest BCUT2D eigenvalue weighted by molar-refractivity contribution is 5.72. The van der Waals surface area contributed by atoms with E-state index in [0.29, 0.717) is 22.9 Å². The predicted molar refractivity (Wildman–Crippen MR) is 94.5 cm³/mol. The van der Waals surface area contributed by atoms with Crippen molar-refractivity contribution in [3.8, 4) is 34.3 Å². The molecule has 0 amide bonds. The largest absolute Gasteiger partial charge is 0.497 e. The van der Waals surface area contributed by atoms with Crippen LogP contribution in [0.1, 0.15) is 0 Å². The minimum atomic E-state index is -0.242. The molecule has 0 N–H and O–H groups in total. The van der Waals surface area contributed by atoms with Crippen molar-refractivity contribution in [1.82, 2.24) is 9.78 Å². The van der Waals surface area contributed by atoms with Crippen molar-refractivity contribution in [2.75, 3.05) is 14.2 Å². The summed E-state index contributed by atoms with van der Waals surface area (Å²) in [5, 5.41) is 4.32. The van der Waals surface area contributed by atoms with Crippen LogP contribution < -0.4 is 19.8 Å². The van der Waals surface area contributed by atoms with Gasteiger partial charge in [-0.1, -0.05) is 12.1 Å². The van der Waals surface area contributed by atoms with Gasteiger partial charge in [-0.2, -0.15) is 5.10 Å². The first-order valence-electron chi connectivity index (χ1n) is 7.66. The number of hydrogen-bond acceptors (Lipinski definition) is 5. The van der Waals surface area contributed by atoms with Crippen LogP contribution in [0.25, 0.3) is 11.3 Å². The molecular weight excluding hydrogens is 320 g/mol. The Hall–Kier alpha value is -3.28. The Labute approximate surface area is 145 Å². The van der Waals surface area contributed by atoms with E-state index in [2.05, 4.69) is 5.10 Å². The fourth-order valence-corrected chi connectivity index (χ4v) is 2.39. The van der Waals surface area contributed by atoms with Gasteiger partial charge in [0.2, 0.25) is 0 Å². The van der Waals surface area contributed by atoms with E-state index in [1.54, 1.807) is 14.2 Å². The van der Waals surface area contributed by atoms with Gasteiger partial charge in [0.15, 0.2) is 5.75 Å². The van der Waals surface area contributed by atoms with E-state index in [0.717, 1.165) is 11.3 Å². The third kappa shape index (κ3) is 3.47. The van der Waals surface area contributed by atoms with E-state index in [1.165, 1.54) is 17.9 Å². The molecule has 0 aliphatic carbocycles. The minimum absolute atomic E-state index is 0.242. The van der Waals surface area contributed by atoms with E-state index in [-0.39, 0.29) is 5.56 Å². The Balaban J connectivity index is 2.04. The van der Waals surface area contributed by atoms with Crippen LogP contribution >= 0.6 is 0 Å². The molecule has 0 unspecified atom stereocenters. The lowest BCUT2D eigenvalue weighted by Gasteiger charge is -2.14. The number of methoxy groups -OCH3 is 2. The predicted octanol–water partition coefficient (Wildman–Crippen LogP) is 3.26. The van der Waals surface area contributed by atoms with Gasteiger partial charge in [0.25, 0.3) is 5.56 Å². The van der Waals surface area contributed by atoms with Crippen LogP contribution in [-0.4, -0.2) is 24.0 Å². The van der Waals surface area contributed by atoms with Crippen molar-refractivity contribution in [3.05, 3.63) is 65.0 Å². The Morgan fingerprint density at radius 2 is 1.56 bits per heavy atom. The first kappa shape index (κ1) is 16.6. The fourth-order valence-electron chi connectivity index (χ4n) is 2.39. The molecule has 128 valence electrons. The Morgan fingerprint density at radius 1 is 0.880 bits per heavy atom. The number of nitrogens with zero attached hydrogens (tertiary/aromatic N) is 2. The van der Waals surface area contributed by atoms with Crippen molar-refractivity contribution in [3.63, 3.8) is 0 Å². The standard InChI is InChI=1S/C19H18N2O4/c1-21-18(22)12-17(24-3)19(20-21)15-6-4-5-7-16(15)25-14-10-8-13(23-2)9-11-14/h4-12H,1-3H3. The normalized spacial score (nSPS) is 10.4. The second kappa shape index (κ2) is 7.09. The molecule has 1 aromatic heterocycles. The van der Waals surface area contributed by atoms with Gasteiger partial charge < -0.3 is 14.2 Å². The second-order valence-corrected chi connectivity index (χ2v) is 5.30. The van der Waals surface area contributed by atoms with Crippen LogP contribution in [-0.2, 0) is 7.05 Å². The molecular formula is C19H18N2O4. The number of rotatable bonds is 5. The number of hydrogen-bond donors (Lipinski definition) is 0. The zero-order valence-electron chi connectivity index (χ0n) is 14.2. The molecule has 1 heterocycles. The lowest BCUT2D eigenvalue weighted by Crippen LogP contribution is -2.19. The topological polar surface area (TPSA) is 62.6 Å². The van der Waals surface area contributed by atoms with Crippen molar-refractivity contribution in [1.29, 1.82) is 0 Å². The summed E-state index contributed by atoms with van der Waals surface area (Å²) in [5.74, 6) is 2.42. The summed E-state index contributed by atoms with van der Waals surface area (Å²) in [6, 6.07) is 16.2. The van der Waals surface area contributed by atoms with Gasteiger partial charge in [0, 0.05) is 18.7 Å². The molecule has 0 atom stereocenters. The van der Waals surface area contributed by atoms with Crippen LogP contribution in [0, 0.1) is 0 Å². The Kier molecular flexibility index (Phi) is 4.70. The van der Waals surface area contributed by atoms with E-state index in [4.69, 9.17) is 14.2 Å². The SMILES string of the molecule is COc1ccc(Oc2ccccc2-c2nn(C)c(=O)cc2OC)cc1. The zero-order valence-corrected chi connectivity index (χ0v) is 14.2. The highest BCUT2D eigenvalue weighted by atomic mass is 16.5. The molecule has 0 fully saturated rings. The molecule has 0 saturated carbocycles. The number of benzene rings is 2. The Morgan fingerprint density at radius 3 is 2.24 bits per heavy atom. The molecule has 2 aromatic carbocycles. The maximum absolute atomic E-state index is 11.8. The summed E-state index contributed by atoms with van der Waals surface area (Å²) >= 11 is 0. The minimum Gasteiger partial charge on any atom is -0.497 e. The number of ether oxygens (including phenoxy) is 3. The quantitative estimate of drug-likeness (QED) is 0.714. The molecule has 6 heteroatoms. The summed E-state index contributed by atoms with van der Waals surface area (Å²) in [7, 11) is 4.72. The van der Waals surface area contributed by atoms with Gasteiger partial charge in [0.1, 0.15) is 22.9 Å². The average Bonchev–Trinajstić information content (AvgIpc) is 2.65. The molecule has 3 aromatic rings. The van der Waals surface area contributed by atoms with Gasteiger partial charge in [-0.05, 0) is 36.4 Å². The van der Waals surface area contributed by atoms with Crippen LogP contribution in [0.15, 0.2) is 59.4 Å². The van der Waals surface area contributed by atoms with Crippen LogP contribution in [0.2, 0.25) is 0 Å². The van der Waals surface area contributed by atoms with Gasteiger partial charge >= 0.3 is 0 Å². The van der Waals surface area contributed by atoms with Gasteiger partial charge in [-0.25, -0.2) is 4.68 Å². The van der Waals surface area contributed by atoms with E-state index >= 15 is 0 Å². The third-order valence-electron chi connectivity index (χ3n) is 3.71. The molecule has 0 saturated heterocycles. The maximum atomic E-state index is 11.8. The highest BCUT2D eigenvalue weighted by Crippen LogP contribution is 2.36. The van der Waals surface area contributed by atoms with E-state index in [9.17, 15) is 4.79 Å². The maximum Gasteiger partial charge on any atom is 0.270 e. The molecule has 0 spiro atoms. The van der Waals surface area contributed by atoms with Crippen molar-refractivity contribution >= 4 is 0 Å². The average molecular weight is 338 g/mol. The van der Waals surface area contributed by atoms with E-state index in [1.807, 2.05) is 48.5 Å². The lowest BCUT2D eigenvalue weighted by molar-refractivity contribution is 0.409. The second-order valence-electron chi connectivity index (χ2n) is 5.30. The number of aromatic nitrogens is 2. The van der Waals surface area contributed by atoms with Crippen molar-refractivity contribution < 1.29 is 14.2 Å². The van der Waals surface area contributed by atoms with E-state index < -0.39 is 0 Å². The monoisotopic (exact) mass is 338 g/mol. The summed E-state index contributed by atoms with van der Waals surface area (Å²) in [6.07, 6.45) is 0. The first-order chi connectivity index (χ1) is 12.1. The summed E-state index contributed by atoms with van der Waals surface area (Å²) in [4.78, 5) is 11.8. The zero-order chi connectivity index (χ0) is 17.8. The lowest BCUT2D eigenvalue weighted by atomic mass is 10.1. The number of aryl methyl sites for hydroxylation is 1.